The molecule has 0 aliphatic carbocycles. The maximum atomic E-state index is 14.1. The van der Waals surface area contributed by atoms with Gasteiger partial charge in [-0.15, -0.1) is 0 Å². The van der Waals surface area contributed by atoms with E-state index in [2.05, 4.69) is 10.3 Å². The van der Waals surface area contributed by atoms with E-state index < -0.39 is 0 Å². The monoisotopic (exact) mass is 245 g/mol. The minimum Gasteiger partial charge on any atom is -0.311 e. The second kappa shape index (κ2) is 4.21. The molecule has 4 heteroatoms. The minimum absolute atomic E-state index is 0.183. The predicted octanol–water partition coefficient (Wildman–Crippen LogP) is 2.27. The van der Waals surface area contributed by atoms with Crippen molar-refractivity contribution in [3.63, 3.8) is 0 Å². The summed E-state index contributed by atoms with van der Waals surface area (Å²) in [5.74, 6) is 0.670. The lowest BCUT2D eigenvalue weighted by Gasteiger charge is -2.16. The Kier molecular flexibility index (Phi) is 2.67. The number of fused-ring (bicyclic) bond motifs is 1. The van der Waals surface area contributed by atoms with E-state index in [1.807, 2.05) is 30.5 Å². The number of hydrogen-bond donors (Lipinski definition) is 1. The van der Waals surface area contributed by atoms with Gasteiger partial charge in [-0.1, -0.05) is 6.07 Å². The van der Waals surface area contributed by atoms with Crippen molar-refractivity contribution in [2.24, 2.45) is 0 Å². The number of benzene rings is 1. The molecule has 0 amide bonds. The number of nitrogens with one attached hydrogen (secondary N) is 1. The molecule has 18 heavy (non-hydrogen) atoms. The Labute approximate surface area is 106 Å². The molecular formula is C14H16FN3. The smallest absolute Gasteiger partial charge is 0.147 e. The van der Waals surface area contributed by atoms with Crippen LogP contribution in [-0.2, 0) is 13.0 Å². The number of hydrogen-bond acceptors (Lipinski definition) is 2. The summed E-state index contributed by atoms with van der Waals surface area (Å²) >= 11 is 0. The molecule has 0 saturated carbocycles. The number of rotatable bonds is 1. The summed E-state index contributed by atoms with van der Waals surface area (Å²) < 4.78 is 16.0. The van der Waals surface area contributed by atoms with E-state index in [9.17, 15) is 4.39 Å². The zero-order valence-electron chi connectivity index (χ0n) is 10.6. The summed E-state index contributed by atoms with van der Waals surface area (Å²) in [6.07, 6.45) is 0.892. The molecule has 2 aromatic rings. The lowest BCUT2D eigenvalue weighted by Crippen LogP contribution is -2.25. The van der Waals surface area contributed by atoms with E-state index in [0.717, 1.165) is 42.3 Å². The number of halogens is 1. The van der Waals surface area contributed by atoms with Crippen LogP contribution in [0.3, 0.4) is 0 Å². The molecule has 0 saturated heterocycles. The van der Waals surface area contributed by atoms with Crippen LogP contribution in [0.5, 0.6) is 0 Å². The van der Waals surface area contributed by atoms with Gasteiger partial charge in [-0.25, -0.2) is 9.37 Å². The molecular weight excluding hydrogens is 229 g/mol. The molecule has 3 rings (SSSR count). The zero-order valence-corrected chi connectivity index (χ0v) is 10.6. The quantitative estimate of drug-likeness (QED) is 0.835. The SMILES string of the molecule is Cc1ccc(-n2c(C)nc3c2CCNC3)c(F)c1. The summed E-state index contributed by atoms with van der Waals surface area (Å²) in [5.41, 5.74) is 3.71. The van der Waals surface area contributed by atoms with Crippen LogP contribution >= 0.6 is 0 Å². The summed E-state index contributed by atoms with van der Waals surface area (Å²) in [7, 11) is 0. The summed E-state index contributed by atoms with van der Waals surface area (Å²) in [6.45, 7) is 5.52. The maximum absolute atomic E-state index is 14.1. The van der Waals surface area contributed by atoms with E-state index in [-0.39, 0.29) is 5.82 Å². The highest BCUT2D eigenvalue weighted by Gasteiger charge is 2.20. The number of aryl methyl sites for hydroxylation is 2. The molecule has 94 valence electrons. The fourth-order valence-corrected chi connectivity index (χ4v) is 2.56. The van der Waals surface area contributed by atoms with Crippen LogP contribution in [0.4, 0.5) is 4.39 Å². The van der Waals surface area contributed by atoms with Gasteiger partial charge < -0.3 is 5.32 Å². The van der Waals surface area contributed by atoms with E-state index in [1.54, 1.807) is 6.07 Å². The average molecular weight is 245 g/mol. The van der Waals surface area contributed by atoms with Gasteiger partial charge in [0.2, 0.25) is 0 Å². The first-order valence-corrected chi connectivity index (χ1v) is 6.21. The standard InChI is InChI=1S/C14H16FN3/c1-9-3-4-13(11(15)7-9)18-10(2)17-12-8-16-6-5-14(12)18/h3-4,7,16H,5-6,8H2,1-2H3. The second-order valence-electron chi connectivity index (χ2n) is 4.77. The molecule has 0 fully saturated rings. The Balaban J connectivity index is 2.19. The van der Waals surface area contributed by atoms with Crippen molar-refractivity contribution < 1.29 is 4.39 Å². The Morgan fingerprint density at radius 3 is 2.94 bits per heavy atom. The molecule has 3 nitrogen and oxygen atoms in total. The zero-order chi connectivity index (χ0) is 12.7. The Morgan fingerprint density at radius 2 is 2.17 bits per heavy atom. The minimum atomic E-state index is -0.183. The van der Waals surface area contributed by atoms with Crippen molar-refractivity contribution in [2.45, 2.75) is 26.8 Å². The molecule has 1 aliphatic rings. The van der Waals surface area contributed by atoms with Crippen LogP contribution < -0.4 is 5.32 Å². The van der Waals surface area contributed by atoms with E-state index >= 15 is 0 Å². The van der Waals surface area contributed by atoms with Crippen LogP contribution in [0.2, 0.25) is 0 Å². The normalized spacial score (nSPS) is 14.6. The Morgan fingerprint density at radius 1 is 1.33 bits per heavy atom. The van der Waals surface area contributed by atoms with Gasteiger partial charge in [0, 0.05) is 25.2 Å². The molecule has 1 aliphatic heterocycles. The van der Waals surface area contributed by atoms with Gasteiger partial charge in [-0.3, -0.25) is 4.57 Å². The fraction of sp³-hybridized carbons (Fsp3) is 0.357. The molecule has 0 bridgehead atoms. The Bertz CT molecular complexity index is 601. The lowest BCUT2D eigenvalue weighted by molar-refractivity contribution is 0.598. The van der Waals surface area contributed by atoms with Gasteiger partial charge in [0.05, 0.1) is 11.4 Å². The summed E-state index contributed by atoms with van der Waals surface area (Å²) in [6, 6.07) is 5.34. The molecule has 0 unspecified atom stereocenters. The number of imidazole rings is 1. The van der Waals surface area contributed by atoms with Gasteiger partial charge in [0.25, 0.3) is 0 Å². The molecule has 0 radical (unpaired) electrons. The van der Waals surface area contributed by atoms with Crippen molar-refractivity contribution in [2.75, 3.05) is 6.54 Å². The lowest BCUT2D eigenvalue weighted by atomic mass is 10.1. The molecule has 2 heterocycles. The third-order valence-corrected chi connectivity index (χ3v) is 3.40. The van der Waals surface area contributed by atoms with Gasteiger partial charge in [-0.2, -0.15) is 0 Å². The van der Waals surface area contributed by atoms with Crippen molar-refractivity contribution in [1.29, 1.82) is 0 Å². The fourth-order valence-electron chi connectivity index (χ4n) is 2.56. The molecule has 1 N–H and O–H groups in total. The molecule has 1 aromatic carbocycles. The average Bonchev–Trinajstić information content (AvgIpc) is 2.66. The number of aromatic nitrogens is 2. The second-order valence-corrected chi connectivity index (χ2v) is 4.77. The molecule has 0 atom stereocenters. The van der Waals surface area contributed by atoms with E-state index in [1.165, 1.54) is 0 Å². The topological polar surface area (TPSA) is 29.9 Å². The molecule has 0 spiro atoms. The first-order chi connectivity index (χ1) is 8.66. The van der Waals surface area contributed by atoms with Crippen LogP contribution in [0.15, 0.2) is 18.2 Å². The first-order valence-electron chi connectivity index (χ1n) is 6.21. The van der Waals surface area contributed by atoms with Gasteiger partial charge in [0.1, 0.15) is 11.6 Å². The summed E-state index contributed by atoms with van der Waals surface area (Å²) in [5, 5.41) is 3.29. The van der Waals surface area contributed by atoms with Gasteiger partial charge in [0.15, 0.2) is 0 Å². The van der Waals surface area contributed by atoms with Crippen molar-refractivity contribution in [1.82, 2.24) is 14.9 Å². The van der Waals surface area contributed by atoms with E-state index in [4.69, 9.17) is 0 Å². The largest absolute Gasteiger partial charge is 0.311 e. The highest BCUT2D eigenvalue weighted by Crippen LogP contribution is 2.23. The first kappa shape index (κ1) is 11.4. The van der Waals surface area contributed by atoms with Crippen molar-refractivity contribution >= 4 is 0 Å². The van der Waals surface area contributed by atoms with Gasteiger partial charge in [-0.05, 0) is 31.5 Å². The highest BCUT2D eigenvalue weighted by atomic mass is 19.1. The third-order valence-electron chi connectivity index (χ3n) is 3.40. The maximum Gasteiger partial charge on any atom is 0.147 e. The van der Waals surface area contributed by atoms with Crippen molar-refractivity contribution in [3.05, 3.63) is 46.8 Å². The van der Waals surface area contributed by atoms with Crippen LogP contribution in [0, 0.1) is 19.7 Å². The predicted molar refractivity (Wildman–Crippen MR) is 68.4 cm³/mol. The third kappa shape index (κ3) is 1.73. The highest BCUT2D eigenvalue weighted by molar-refractivity contribution is 5.41. The number of nitrogens with zero attached hydrogens (tertiary/aromatic N) is 2. The van der Waals surface area contributed by atoms with Crippen LogP contribution in [-0.4, -0.2) is 16.1 Å². The summed E-state index contributed by atoms with van der Waals surface area (Å²) in [4.78, 5) is 4.52. The Hall–Kier alpha value is -1.68. The van der Waals surface area contributed by atoms with Crippen molar-refractivity contribution in [3.8, 4) is 5.69 Å². The molecule has 1 aromatic heterocycles. The van der Waals surface area contributed by atoms with Crippen LogP contribution in [0.25, 0.3) is 5.69 Å². The van der Waals surface area contributed by atoms with Gasteiger partial charge >= 0.3 is 0 Å². The van der Waals surface area contributed by atoms with Crippen LogP contribution in [0.1, 0.15) is 22.8 Å². The van der Waals surface area contributed by atoms with E-state index in [0.29, 0.717) is 5.69 Å².